The van der Waals surface area contributed by atoms with Gasteiger partial charge in [0, 0.05) is 13.1 Å². The van der Waals surface area contributed by atoms with E-state index in [1.165, 1.54) is 17.0 Å². The fourth-order valence-electron chi connectivity index (χ4n) is 1.62. The fourth-order valence-corrected chi connectivity index (χ4v) is 2.86. The summed E-state index contributed by atoms with van der Waals surface area (Å²) in [5, 5.41) is 0. The highest BCUT2D eigenvalue weighted by Crippen LogP contribution is 2.12. The average Bonchev–Trinajstić information content (AvgIpc) is 2.24. The third-order valence-corrected chi connectivity index (χ3v) is 4.10. The molecule has 1 aliphatic heterocycles. The highest BCUT2D eigenvalue weighted by Gasteiger charge is 2.32. The smallest absolute Gasteiger partial charge is 0.314 e. The highest BCUT2D eigenvalue weighted by atomic mass is 32.2. The van der Waals surface area contributed by atoms with E-state index in [4.69, 9.17) is 5.73 Å². The van der Waals surface area contributed by atoms with Crippen molar-refractivity contribution >= 4 is 16.1 Å². The second kappa shape index (κ2) is 4.34. The lowest BCUT2D eigenvalue weighted by Crippen LogP contribution is -2.62. The SMILES string of the molecule is NC(=O)N1CC(NS(=O)(=O)c2ccccc2)C1. The van der Waals surface area contributed by atoms with Gasteiger partial charge in [0.15, 0.2) is 0 Å². The molecule has 0 aliphatic carbocycles. The van der Waals surface area contributed by atoms with Crippen LogP contribution in [-0.4, -0.2) is 38.5 Å². The number of benzene rings is 1. The first-order valence-corrected chi connectivity index (χ1v) is 6.59. The Bertz CT molecular complexity index is 509. The zero-order chi connectivity index (χ0) is 12.5. The molecule has 1 fully saturated rings. The summed E-state index contributed by atoms with van der Waals surface area (Å²) in [7, 11) is -3.50. The number of carbonyl (C=O) groups excluding carboxylic acids is 1. The summed E-state index contributed by atoms with van der Waals surface area (Å²) in [6.07, 6.45) is 0. The number of carbonyl (C=O) groups is 1. The summed E-state index contributed by atoms with van der Waals surface area (Å²) in [5.74, 6) is 0. The van der Waals surface area contributed by atoms with Crippen molar-refractivity contribution in [3.8, 4) is 0 Å². The van der Waals surface area contributed by atoms with Crippen LogP contribution < -0.4 is 10.5 Å². The van der Waals surface area contributed by atoms with Gasteiger partial charge < -0.3 is 10.6 Å². The summed E-state index contributed by atoms with van der Waals surface area (Å²) in [6, 6.07) is 7.32. The molecule has 1 aromatic carbocycles. The Balaban J connectivity index is 1.99. The minimum Gasteiger partial charge on any atom is -0.351 e. The van der Waals surface area contributed by atoms with E-state index in [2.05, 4.69) is 4.72 Å². The van der Waals surface area contributed by atoms with Gasteiger partial charge in [-0.05, 0) is 12.1 Å². The van der Waals surface area contributed by atoms with E-state index in [1.54, 1.807) is 18.2 Å². The maximum atomic E-state index is 11.9. The molecule has 0 spiro atoms. The van der Waals surface area contributed by atoms with Crippen LogP contribution >= 0.6 is 0 Å². The number of primary amides is 1. The lowest BCUT2D eigenvalue weighted by molar-refractivity contribution is 0.155. The number of likely N-dealkylation sites (tertiary alicyclic amines) is 1. The van der Waals surface area contributed by atoms with E-state index < -0.39 is 16.1 Å². The summed E-state index contributed by atoms with van der Waals surface area (Å²) < 4.78 is 26.2. The van der Waals surface area contributed by atoms with Crippen LogP contribution in [0, 0.1) is 0 Å². The van der Waals surface area contributed by atoms with Crippen LogP contribution in [0.25, 0.3) is 0 Å². The third-order valence-electron chi connectivity index (χ3n) is 2.57. The van der Waals surface area contributed by atoms with Crippen molar-refractivity contribution in [2.45, 2.75) is 10.9 Å². The van der Waals surface area contributed by atoms with Crippen molar-refractivity contribution in [3.63, 3.8) is 0 Å². The first kappa shape index (κ1) is 11.9. The molecule has 0 saturated carbocycles. The van der Waals surface area contributed by atoms with Crippen LogP contribution in [0.4, 0.5) is 4.79 Å². The second-order valence-electron chi connectivity index (χ2n) is 3.87. The molecular formula is C10H13N3O3S. The first-order valence-electron chi connectivity index (χ1n) is 5.11. The number of nitrogens with two attached hydrogens (primary N) is 1. The van der Waals surface area contributed by atoms with Crippen molar-refractivity contribution in [1.29, 1.82) is 0 Å². The molecule has 1 aromatic rings. The number of urea groups is 1. The summed E-state index contributed by atoms with van der Waals surface area (Å²) >= 11 is 0. The molecule has 92 valence electrons. The number of hydrogen-bond donors (Lipinski definition) is 2. The molecule has 6 nitrogen and oxygen atoms in total. The van der Waals surface area contributed by atoms with Gasteiger partial charge in [0.25, 0.3) is 0 Å². The number of nitrogens with zero attached hydrogens (tertiary/aromatic N) is 1. The molecule has 0 unspecified atom stereocenters. The number of hydrogen-bond acceptors (Lipinski definition) is 3. The van der Waals surface area contributed by atoms with Gasteiger partial charge in [0.1, 0.15) is 0 Å². The Hall–Kier alpha value is -1.60. The van der Waals surface area contributed by atoms with Gasteiger partial charge in [-0.3, -0.25) is 0 Å². The molecule has 2 amide bonds. The summed E-state index contributed by atoms with van der Waals surface area (Å²) in [5.41, 5.74) is 5.04. The molecule has 1 heterocycles. The molecule has 1 aliphatic rings. The number of rotatable bonds is 3. The largest absolute Gasteiger partial charge is 0.351 e. The number of nitrogens with one attached hydrogen (secondary N) is 1. The molecule has 0 atom stereocenters. The summed E-state index contributed by atoms with van der Waals surface area (Å²) in [4.78, 5) is 12.3. The predicted molar refractivity (Wildman–Crippen MR) is 61.7 cm³/mol. The van der Waals surface area contributed by atoms with Crippen LogP contribution in [-0.2, 0) is 10.0 Å². The van der Waals surface area contributed by atoms with Gasteiger partial charge >= 0.3 is 6.03 Å². The van der Waals surface area contributed by atoms with Crippen LogP contribution in [0.3, 0.4) is 0 Å². The maximum absolute atomic E-state index is 11.9. The van der Waals surface area contributed by atoms with Gasteiger partial charge in [-0.15, -0.1) is 0 Å². The van der Waals surface area contributed by atoms with Crippen molar-refractivity contribution in [2.75, 3.05) is 13.1 Å². The Kier molecular flexibility index (Phi) is 3.03. The normalized spacial score (nSPS) is 16.6. The van der Waals surface area contributed by atoms with Crippen molar-refractivity contribution in [3.05, 3.63) is 30.3 Å². The minimum atomic E-state index is -3.50. The zero-order valence-electron chi connectivity index (χ0n) is 9.04. The van der Waals surface area contributed by atoms with Crippen LogP contribution in [0.15, 0.2) is 35.2 Å². The van der Waals surface area contributed by atoms with E-state index in [9.17, 15) is 13.2 Å². The Morgan fingerprint density at radius 1 is 1.29 bits per heavy atom. The van der Waals surface area contributed by atoms with E-state index in [0.29, 0.717) is 13.1 Å². The Labute approximate surface area is 99.5 Å². The Morgan fingerprint density at radius 2 is 1.88 bits per heavy atom. The quantitative estimate of drug-likeness (QED) is 0.778. The first-order chi connectivity index (χ1) is 7.99. The lowest BCUT2D eigenvalue weighted by atomic mass is 10.1. The molecule has 3 N–H and O–H groups in total. The van der Waals surface area contributed by atoms with E-state index in [0.717, 1.165) is 0 Å². The van der Waals surface area contributed by atoms with Gasteiger partial charge in [-0.25, -0.2) is 17.9 Å². The number of sulfonamides is 1. The maximum Gasteiger partial charge on any atom is 0.314 e. The van der Waals surface area contributed by atoms with E-state index >= 15 is 0 Å². The average molecular weight is 255 g/mol. The Morgan fingerprint density at radius 3 is 2.41 bits per heavy atom. The van der Waals surface area contributed by atoms with Gasteiger partial charge in [-0.2, -0.15) is 0 Å². The third kappa shape index (κ3) is 2.56. The van der Waals surface area contributed by atoms with Crippen LogP contribution in [0.5, 0.6) is 0 Å². The predicted octanol–water partition coefficient (Wildman–Crippen LogP) is -0.272. The zero-order valence-corrected chi connectivity index (χ0v) is 9.85. The molecule has 0 aromatic heterocycles. The van der Waals surface area contributed by atoms with Gasteiger partial charge in [-0.1, -0.05) is 18.2 Å². The van der Waals surface area contributed by atoms with E-state index in [-0.39, 0.29) is 10.9 Å². The molecule has 1 saturated heterocycles. The van der Waals surface area contributed by atoms with Crippen molar-refractivity contribution < 1.29 is 13.2 Å². The minimum absolute atomic E-state index is 0.220. The highest BCUT2D eigenvalue weighted by molar-refractivity contribution is 7.89. The molecule has 0 radical (unpaired) electrons. The van der Waals surface area contributed by atoms with Crippen LogP contribution in [0.2, 0.25) is 0 Å². The molecule has 7 heteroatoms. The molecule has 17 heavy (non-hydrogen) atoms. The monoisotopic (exact) mass is 255 g/mol. The fraction of sp³-hybridized carbons (Fsp3) is 0.300. The molecular weight excluding hydrogens is 242 g/mol. The van der Waals surface area contributed by atoms with E-state index in [1.807, 2.05) is 0 Å². The standard InChI is InChI=1S/C10H13N3O3S/c11-10(14)13-6-8(7-13)12-17(15,16)9-4-2-1-3-5-9/h1-5,8,12H,6-7H2,(H2,11,14). The topological polar surface area (TPSA) is 92.5 Å². The molecule has 2 rings (SSSR count). The lowest BCUT2D eigenvalue weighted by Gasteiger charge is -2.37. The van der Waals surface area contributed by atoms with Gasteiger partial charge in [0.2, 0.25) is 10.0 Å². The van der Waals surface area contributed by atoms with Crippen molar-refractivity contribution in [2.24, 2.45) is 5.73 Å². The molecule has 0 bridgehead atoms. The van der Waals surface area contributed by atoms with Gasteiger partial charge in [0.05, 0.1) is 10.9 Å². The van der Waals surface area contributed by atoms with Crippen molar-refractivity contribution in [1.82, 2.24) is 9.62 Å². The second-order valence-corrected chi connectivity index (χ2v) is 5.59. The van der Waals surface area contributed by atoms with Crippen LogP contribution in [0.1, 0.15) is 0 Å². The summed E-state index contributed by atoms with van der Waals surface area (Å²) in [6.45, 7) is 0.642. The number of amides is 2.